The van der Waals surface area contributed by atoms with Crippen LogP contribution in [0, 0.1) is 5.41 Å². The van der Waals surface area contributed by atoms with Crippen molar-refractivity contribution in [3.63, 3.8) is 0 Å². The van der Waals surface area contributed by atoms with E-state index in [1.807, 2.05) is 0 Å². The molecule has 0 spiro atoms. The van der Waals surface area contributed by atoms with Gasteiger partial charge in [-0.2, -0.15) is 0 Å². The van der Waals surface area contributed by atoms with Crippen molar-refractivity contribution in [2.45, 2.75) is 40.2 Å². The van der Waals surface area contributed by atoms with Gasteiger partial charge in [0.15, 0.2) is 0 Å². The van der Waals surface area contributed by atoms with Gasteiger partial charge in [-0.15, -0.1) is 0 Å². The van der Waals surface area contributed by atoms with E-state index < -0.39 is 28.9 Å². The van der Waals surface area contributed by atoms with Gasteiger partial charge in [-0.25, -0.2) is 14.4 Å². The van der Waals surface area contributed by atoms with Crippen LogP contribution in [0.4, 0.5) is 0 Å². The van der Waals surface area contributed by atoms with Crippen LogP contribution in [-0.2, 0) is 33.3 Å². The molecule has 0 N–H and O–H groups in total. The fraction of sp³-hybridized carbons (Fsp3) is 0.688. The van der Waals surface area contributed by atoms with Crippen LogP contribution in [0.2, 0.25) is 0 Å². The molecule has 0 rings (SSSR count). The zero-order valence-electron chi connectivity index (χ0n) is 14.6. The summed E-state index contributed by atoms with van der Waals surface area (Å²) < 4.78 is 19.8. The largest absolute Gasteiger partial charge is 0.466 e. The first-order valence-corrected chi connectivity index (χ1v) is 7.38. The third kappa shape index (κ3) is 6.81. The van der Waals surface area contributed by atoms with E-state index in [9.17, 15) is 14.4 Å². The molecule has 0 aromatic heterocycles. The number of rotatable bonds is 9. The summed E-state index contributed by atoms with van der Waals surface area (Å²) in [4.78, 5) is 35.2. The first-order chi connectivity index (χ1) is 10.6. The summed E-state index contributed by atoms with van der Waals surface area (Å²) in [6, 6.07) is 0. The van der Waals surface area contributed by atoms with E-state index in [2.05, 4.69) is 4.74 Å². The molecule has 0 saturated heterocycles. The summed E-state index contributed by atoms with van der Waals surface area (Å²) in [6.45, 7) is 8.58. The maximum absolute atomic E-state index is 12.0. The van der Waals surface area contributed by atoms with Gasteiger partial charge in [-0.1, -0.05) is 19.9 Å². The number of hydrogen-bond acceptors (Lipinski definition) is 7. The second-order valence-electron chi connectivity index (χ2n) is 5.61. The Balaban J connectivity index is 5.00. The van der Waals surface area contributed by atoms with Crippen molar-refractivity contribution < 1.29 is 33.3 Å². The Labute approximate surface area is 136 Å². The number of methoxy groups -OCH3 is 1. The lowest BCUT2D eigenvalue weighted by atomic mass is 9.93. The van der Waals surface area contributed by atoms with E-state index in [1.54, 1.807) is 33.8 Å². The predicted molar refractivity (Wildman–Crippen MR) is 82.6 cm³/mol. The molecular formula is C16H26O7. The van der Waals surface area contributed by atoms with Crippen molar-refractivity contribution in [3.8, 4) is 0 Å². The van der Waals surface area contributed by atoms with Gasteiger partial charge in [0.2, 0.25) is 0 Å². The van der Waals surface area contributed by atoms with Crippen LogP contribution in [0.15, 0.2) is 12.2 Å². The molecule has 0 amide bonds. The molecule has 0 saturated carbocycles. The normalized spacial score (nSPS) is 14.2. The average molecular weight is 330 g/mol. The summed E-state index contributed by atoms with van der Waals surface area (Å²) in [5.74, 6) is -2.14. The molecule has 0 fully saturated rings. The summed E-state index contributed by atoms with van der Waals surface area (Å²) >= 11 is 0. The quantitative estimate of drug-likeness (QED) is 0.275. The van der Waals surface area contributed by atoms with Gasteiger partial charge < -0.3 is 18.9 Å². The summed E-state index contributed by atoms with van der Waals surface area (Å²) in [6.07, 6.45) is 2.88. The number of carbonyl (C=O) groups excluding carboxylic acids is 3. The van der Waals surface area contributed by atoms with Crippen LogP contribution in [0.25, 0.3) is 0 Å². The first-order valence-electron chi connectivity index (χ1n) is 7.38. The van der Waals surface area contributed by atoms with Crippen LogP contribution >= 0.6 is 0 Å². The van der Waals surface area contributed by atoms with Crippen molar-refractivity contribution in [2.24, 2.45) is 5.41 Å². The molecule has 23 heavy (non-hydrogen) atoms. The molecule has 0 aliphatic rings. The fourth-order valence-corrected chi connectivity index (χ4v) is 1.53. The summed E-state index contributed by atoms with van der Waals surface area (Å²) in [7, 11) is 1.16. The molecule has 7 heteroatoms. The lowest BCUT2D eigenvalue weighted by molar-refractivity contribution is -0.189. The van der Waals surface area contributed by atoms with Crippen LogP contribution < -0.4 is 0 Å². The zero-order chi connectivity index (χ0) is 18.1. The van der Waals surface area contributed by atoms with Gasteiger partial charge in [-0.3, -0.25) is 0 Å². The van der Waals surface area contributed by atoms with Crippen molar-refractivity contribution >= 4 is 17.9 Å². The Kier molecular flexibility index (Phi) is 8.53. The summed E-state index contributed by atoms with van der Waals surface area (Å²) in [5.41, 5.74) is -2.48. The van der Waals surface area contributed by atoms with Crippen molar-refractivity contribution in [1.82, 2.24) is 0 Å². The molecule has 0 radical (unpaired) electrons. The summed E-state index contributed by atoms with van der Waals surface area (Å²) in [5, 5.41) is 0. The van der Waals surface area contributed by atoms with Gasteiger partial charge in [0.1, 0.15) is 0 Å². The maximum atomic E-state index is 12.0. The van der Waals surface area contributed by atoms with E-state index in [0.29, 0.717) is 0 Å². The molecule has 0 aromatic rings. The van der Waals surface area contributed by atoms with Crippen molar-refractivity contribution in [3.05, 3.63) is 12.2 Å². The van der Waals surface area contributed by atoms with E-state index in [4.69, 9.17) is 14.2 Å². The van der Waals surface area contributed by atoms with Crippen LogP contribution in [-0.4, -0.2) is 50.4 Å². The molecule has 7 nitrogen and oxygen atoms in total. The highest BCUT2D eigenvalue weighted by Gasteiger charge is 2.46. The second-order valence-corrected chi connectivity index (χ2v) is 5.61. The van der Waals surface area contributed by atoms with E-state index in [-0.39, 0.29) is 19.8 Å². The highest BCUT2D eigenvalue weighted by molar-refractivity contribution is 6.03. The van der Waals surface area contributed by atoms with Crippen molar-refractivity contribution in [1.29, 1.82) is 0 Å². The highest BCUT2D eigenvalue weighted by Crippen LogP contribution is 2.23. The minimum absolute atomic E-state index is 0.00663. The molecule has 1 atom stereocenters. The number of hydrogen-bond donors (Lipinski definition) is 0. The van der Waals surface area contributed by atoms with Crippen LogP contribution in [0.3, 0.4) is 0 Å². The van der Waals surface area contributed by atoms with Gasteiger partial charge >= 0.3 is 17.9 Å². The zero-order valence-corrected chi connectivity index (χ0v) is 14.6. The third-order valence-corrected chi connectivity index (χ3v) is 2.93. The molecule has 0 aliphatic carbocycles. The third-order valence-electron chi connectivity index (χ3n) is 2.93. The molecule has 0 heterocycles. The topological polar surface area (TPSA) is 88.1 Å². The molecule has 0 unspecified atom stereocenters. The van der Waals surface area contributed by atoms with Gasteiger partial charge in [0.05, 0.1) is 26.9 Å². The predicted octanol–water partition coefficient (Wildman–Crippen LogP) is 1.64. The van der Waals surface area contributed by atoms with Crippen LogP contribution in [0.1, 0.15) is 34.6 Å². The van der Waals surface area contributed by atoms with Gasteiger partial charge in [0.25, 0.3) is 5.60 Å². The average Bonchev–Trinajstić information content (AvgIpc) is 2.50. The smallest absolute Gasteiger partial charge is 0.349 e. The Morgan fingerprint density at radius 1 is 0.957 bits per heavy atom. The Morgan fingerprint density at radius 2 is 1.52 bits per heavy atom. The van der Waals surface area contributed by atoms with Crippen molar-refractivity contribution in [2.75, 3.05) is 26.9 Å². The SMILES string of the molecule is CCOC(=O)/C=C/C(C)(C)CO[C@](C)(C(=O)OC)C(=O)OCC. The van der Waals surface area contributed by atoms with E-state index in [1.165, 1.54) is 13.0 Å². The molecule has 0 bridgehead atoms. The first kappa shape index (κ1) is 21.1. The van der Waals surface area contributed by atoms with Gasteiger partial charge in [-0.05, 0) is 20.8 Å². The monoisotopic (exact) mass is 330 g/mol. The standard InChI is InChI=1S/C16H26O7/c1-7-21-12(17)9-10-15(3,4)11-23-16(5,13(18)20-6)14(19)22-8-2/h9-10H,7-8,11H2,1-6H3/b10-9+/t16-/m1/s1. The van der Waals surface area contributed by atoms with Gasteiger partial charge in [0, 0.05) is 11.5 Å². The minimum Gasteiger partial charge on any atom is -0.466 e. The fourth-order valence-electron chi connectivity index (χ4n) is 1.53. The number of esters is 3. The lowest BCUT2D eigenvalue weighted by Crippen LogP contribution is -2.49. The highest BCUT2D eigenvalue weighted by atomic mass is 16.6. The molecular weight excluding hydrogens is 304 g/mol. The van der Waals surface area contributed by atoms with E-state index in [0.717, 1.165) is 7.11 Å². The molecule has 0 aromatic carbocycles. The number of carbonyl (C=O) groups is 3. The Bertz CT molecular complexity index is 453. The lowest BCUT2D eigenvalue weighted by Gasteiger charge is -2.29. The second kappa shape index (κ2) is 9.29. The maximum Gasteiger partial charge on any atom is 0.349 e. The molecule has 0 aliphatic heterocycles. The van der Waals surface area contributed by atoms with Crippen LogP contribution in [0.5, 0.6) is 0 Å². The Hall–Kier alpha value is -1.89. The number of ether oxygens (including phenoxy) is 4. The Morgan fingerprint density at radius 3 is 2.00 bits per heavy atom. The minimum atomic E-state index is -1.86. The molecule has 132 valence electrons. The van der Waals surface area contributed by atoms with E-state index >= 15 is 0 Å².